The van der Waals surface area contributed by atoms with Crippen LogP contribution in [-0.4, -0.2) is 39.4 Å². The monoisotopic (exact) mass is 306 g/mol. The van der Waals surface area contributed by atoms with E-state index in [4.69, 9.17) is 4.74 Å². The minimum absolute atomic E-state index is 0.0657. The number of hydrogen-bond donors (Lipinski definition) is 0. The predicted octanol–water partition coefficient (Wildman–Crippen LogP) is 1.75. The number of Topliss-reactive ketones (excluding diaryl/α,β-unsaturated/α-hetero) is 1. The Labute approximate surface area is 119 Å². The van der Waals surface area contributed by atoms with E-state index in [9.17, 15) is 18.4 Å². The molecule has 20 heavy (non-hydrogen) atoms. The van der Waals surface area contributed by atoms with Gasteiger partial charge in [0.1, 0.15) is 5.56 Å². The second kappa shape index (κ2) is 6.83. The number of hydrogen-bond acceptors (Lipinski definition) is 5. The minimum Gasteiger partial charge on any atom is -0.458 e. The normalized spacial score (nSPS) is 11.4. The van der Waals surface area contributed by atoms with Crippen LogP contribution in [0.15, 0.2) is 11.0 Å². The first-order valence-electron chi connectivity index (χ1n) is 5.94. The third kappa shape index (κ3) is 4.59. The zero-order valence-corrected chi connectivity index (χ0v) is 12.3. The number of aromatic nitrogens is 2. The molecule has 1 heterocycles. The van der Waals surface area contributed by atoms with Crippen LogP contribution in [0.2, 0.25) is 0 Å². The third-order valence-corrected chi connectivity index (χ3v) is 3.19. The molecule has 0 atom stereocenters. The van der Waals surface area contributed by atoms with Crippen LogP contribution in [0.1, 0.15) is 24.2 Å². The molecule has 0 spiro atoms. The largest absolute Gasteiger partial charge is 0.458 e. The molecule has 1 rings (SSSR count). The van der Waals surface area contributed by atoms with Crippen LogP contribution in [0.3, 0.4) is 0 Å². The summed E-state index contributed by atoms with van der Waals surface area (Å²) in [5, 5.41) is 0. The van der Waals surface area contributed by atoms with Gasteiger partial charge in [-0.1, -0.05) is 6.92 Å². The zero-order chi connectivity index (χ0) is 15.3. The van der Waals surface area contributed by atoms with Gasteiger partial charge in [-0.3, -0.25) is 14.2 Å². The van der Waals surface area contributed by atoms with Gasteiger partial charge in [-0.2, -0.15) is 11.8 Å². The van der Waals surface area contributed by atoms with Crippen LogP contribution < -0.4 is 10.3 Å². The fourth-order valence-corrected chi connectivity index (χ4v) is 1.86. The maximum Gasteiger partial charge on any atom is 0.299 e. The van der Waals surface area contributed by atoms with Crippen molar-refractivity contribution in [1.82, 2.24) is 9.55 Å². The van der Waals surface area contributed by atoms with Crippen molar-refractivity contribution in [2.75, 3.05) is 18.1 Å². The van der Waals surface area contributed by atoms with Gasteiger partial charge >= 0.3 is 0 Å². The summed E-state index contributed by atoms with van der Waals surface area (Å²) >= 11 is 1.39. The molecule has 0 fully saturated rings. The molecule has 0 N–H and O–H groups in total. The topological polar surface area (TPSA) is 61.2 Å². The Balaban J connectivity index is 2.92. The summed E-state index contributed by atoms with van der Waals surface area (Å²) in [6.07, 6.45) is 1.07. The summed E-state index contributed by atoms with van der Waals surface area (Å²) in [5.41, 5.74) is -0.666. The Morgan fingerprint density at radius 2 is 2.20 bits per heavy atom. The van der Waals surface area contributed by atoms with E-state index in [1.165, 1.54) is 18.8 Å². The number of thioether (sulfide) groups is 1. The average Bonchev–Trinajstić information content (AvgIpc) is 2.36. The second-order valence-corrected chi connectivity index (χ2v) is 5.51. The quantitative estimate of drug-likeness (QED) is 0.718. The molecule has 8 heteroatoms. The maximum absolute atomic E-state index is 12.7. The number of halogens is 2. The van der Waals surface area contributed by atoms with Crippen molar-refractivity contribution in [3.8, 4) is 6.01 Å². The molecular weight excluding hydrogens is 290 g/mol. The van der Waals surface area contributed by atoms with Gasteiger partial charge in [0.2, 0.25) is 0 Å². The smallest absolute Gasteiger partial charge is 0.299 e. The Kier molecular flexibility index (Phi) is 5.67. The van der Waals surface area contributed by atoms with Crippen molar-refractivity contribution in [1.29, 1.82) is 0 Å². The van der Waals surface area contributed by atoms with Crippen LogP contribution >= 0.6 is 11.8 Å². The summed E-state index contributed by atoms with van der Waals surface area (Å²) < 4.78 is 31.1. The second-order valence-electron chi connectivity index (χ2n) is 4.24. The summed E-state index contributed by atoms with van der Waals surface area (Å²) in [4.78, 5) is 27.5. The predicted molar refractivity (Wildman–Crippen MR) is 72.9 cm³/mol. The molecule has 0 aromatic carbocycles. The summed E-state index contributed by atoms with van der Waals surface area (Å²) in [6, 6.07) is -0.240. The molecule has 0 bridgehead atoms. The third-order valence-electron chi connectivity index (χ3n) is 2.32. The SMILES string of the molecule is CCSCC(=O)c1cnc(OCC(C)(F)F)n(C)c1=O. The highest BCUT2D eigenvalue weighted by molar-refractivity contribution is 7.99. The lowest BCUT2D eigenvalue weighted by molar-refractivity contribution is -0.0268. The zero-order valence-electron chi connectivity index (χ0n) is 11.5. The fraction of sp³-hybridized carbons (Fsp3) is 0.583. The highest BCUT2D eigenvalue weighted by atomic mass is 32.2. The first-order chi connectivity index (χ1) is 9.26. The molecule has 112 valence electrons. The van der Waals surface area contributed by atoms with Crippen molar-refractivity contribution in [3.63, 3.8) is 0 Å². The standard InChI is InChI=1S/C12H16F2N2O3S/c1-4-20-6-9(17)8-5-15-11(16(3)10(8)18)19-7-12(2,13)14/h5H,4,6-7H2,1-3H3. The first kappa shape index (κ1) is 16.6. The number of nitrogens with zero attached hydrogens (tertiary/aromatic N) is 2. The number of rotatable bonds is 7. The van der Waals surface area contributed by atoms with Gasteiger partial charge in [0.15, 0.2) is 12.4 Å². The maximum atomic E-state index is 12.7. The van der Waals surface area contributed by atoms with Crippen molar-refractivity contribution >= 4 is 17.5 Å². The van der Waals surface area contributed by atoms with Crippen LogP contribution in [0.5, 0.6) is 6.01 Å². The lowest BCUT2D eigenvalue weighted by Crippen LogP contribution is -2.29. The molecule has 0 aliphatic carbocycles. The molecule has 5 nitrogen and oxygen atoms in total. The molecule has 0 aliphatic heterocycles. The minimum atomic E-state index is -3.02. The molecule has 1 aromatic rings. The highest BCUT2D eigenvalue weighted by Crippen LogP contribution is 2.13. The van der Waals surface area contributed by atoms with E-state index < -0.39 is 18.1 Å². The van der Waals surface area contributed by atoms with Crippen molar-refractivity contribution < 1.29 is 18.3 Å². The molecule has 0 aliphatic rings. The Bertz CT molecular complexity index is 540. The van der Waals surface area contributed by atoms with Crippen LogP contribution in [-0.2, 0) is 7.05 Å². The number of ketones is 1. The van der Waals surface area contributed by atoms with Crippen LogP contribution in [0.25, 0.3) is 0 Å². The van der Waals surface area contributed by atoms with E-state index in [0.717, 1.165) is 16.5 Å². The van der Waals surface area contributed by atoms with Crippen LogP contribution in [0.4, 0.5) is 8.78 Å². The molecule has 0 unspecified atom stereocenters. The molecule has 0 saturated carbocycles. The van der Waals surface area contributed by atoms with E-state index >= 15 is 0 Å². The Morgan fingerprint density at radius 3 is 2.75 bits per heavy atom. The number of carbonyl (C=O) groups is 1. The van der Waals surface area contributed by atoms with Crippen molar-refractivity contribution in [2.45, 2.75) is 19.8 Å². The van der Waals surface area contributed by atoms with E-state index in [0.29, 0.717) is 6.92 Å². The van der Waals surface area contributed by atoms with Crippen molar-refractivity contribution in [3.05, 3.63) is 22.1 Å². The fourth-order valence-electron chi connectivity index (χ4n) is 1.32. The molecule has 0 radical (unpaired) electrons. The molecule has 0 saturated heterocycles. The first-order valence-corrected chi connectivity index (χ1v) is 7.09. The van der Waals surface area contributed by atoms with Gasteiger partial charge in [0.25, 0.3) is 17.5 Å². The van der Waals surface area contributed by atoms with Gasteiger partial charge in [-0.15, -0.1) is 0 Å². The van der Waals surface area contributed by atoms with E-state index in [2.05, 4.69) is 4.98 Å². The number of ether oxygens (including phenoxy) is 1. The number of alkyl halides is 2. The summed E-state index contributed by atoms with van der Waals surface area (Å²) in [7, 11) is 1.32. The molecule has 1 aromatic heterocycles. The van der Waals surface area contributed by atoms with E-state index in [1.54, 1.807) is 0 Å². The lowest BCUT2D eigenvalue weighted by atomic mass is 10.2. The Hall–Kier alpha value is -1.44. The Morgan fingerprint density at radius 1 is 1.55 bits per heavy atom. The average molecular weight is 306 g/mol. The summed E-state index contributed by atoms with van der Waals surface area (Å²) in [5.74, 6) is -2.42. The molecular formula is C12H16F2N2O3S. The van der Waals surface area contributed by atoms with Crippen molar-refractivity contribution in [2.24, 2.45) is 7.05 Å². The van der Waals surface area contributed by atoms with Gasteiger partial charge < -0.3 is 4.74 Å². The van der Waals surface area contributed by atoms with Gasteiger partial charge in [-0.25, -0.2) is 13.8 Å². The van der Waals surface area contributed by atoms with Gasteiger partial charge in [-0.05, 0) is 5.75 Å². The van der Waals surface area contributed by atoms with Gasteiger partial charge in [0, 0.05) is 20.2 Å². The van der Waals surface area contributed by atoms with Gasteiger partial charge in [0.05, 0.1) is 5.75 Å². The van der Waals surface area contributed by atoms with E-state index in [-0.39, 0.29) is 23.1 Å². The summed E-state index contributed by atoms with van der Waals surface area (Å²) in [6.45, 7) is 1.72. The molecule has 0 amide bonds. The lowest BCUT2D eigenvalue weighted by Gasteiger charge is -2.13. The van der Waals surface area contributed by atoms with Crippen LogP contribution in [0, 0.1) is 0 Å². The van der Waals surface area contributed by atoms with E-state index in [1.807, 2.05) is 6.92 Å². The highest BCUT2D eigenvalue weighted by Gasteiger charge is 2.23. The number of carbonyl (C=O) groups excluding carboxylic acids is 1.